The molecule has 2 N–H and O–H groups in total. The second-order valence-electron chi connectivity index (χ2n) is 6.89. The summed E-state index contributed by atoms with van der Waals surface area (Å²) in [6.07, 6.45) is 0.651. The van der Waals surface area contributed by atoms with Crippen LogP contribution in [0, 0.1) is 11.3 Å². The van der Waals surface area contributed by atoms with Crippen molar-refractivity contribution in [1.29, 1.82) is 5.26 Å². The van der Waals surface area contributed by atoms with Gasteiger partial charge in [0, 0.05) is 5.39 Å². The summed E-state index contributed by atoms with van der Waals surface area (Å²) >= 11 is 0. The van der Waals surface area contributed by atoms with E-state index in [1.807, 2.05) is 12.1 Å². The average molecular weight is 426 g/mol. The first kappa shape index (κ1) is 20.6. The Morgan fingerprint density at radius 3 is 2.56 bits per heavy atom. The fraction of sp³-hybridized carbons (Fsp3) is 0.0833. The Balaban J connectivity index is 1.47. The van der Waals surface area contributed by atoms with Gasteiger partial charge < -0.3 is 9.15 Å². The third-order valence-electron chi connectivity index (χ3n) is 4.70. The molecule has 0 fully saturated rings. The molecule has 0 aliphatic rings. The maximum atomic E-state index is 12.9. The largest absolute Gasteiger partial charge is 0.481 e. The van der Waals surface area contributed by atoms with Gasteiger partial charge in [0.25, 0.3) is 11.8 Å². The van der Waals surface area contributed by atoms with Crippen LogP contribution in [0.5, 0.6) is 5.75 Å². The Morgan fingerprint density at radius 1 is 1.06 bits per heavy atom. The molecule has 2 heterocycles. The first-order valence-electron chi connectivity index (χ1n) is 9.76. The average Bonchev–Trinajstić information content (AvgIpc) is 3.37. The molecule has 4 rings (SSSR count). The van der Waals surface area contributed by atoms with Crippen LogP contribution >= 0.6 is 0 Å². The summed E-state index contributed by atoms with van der Waals surface area (Å²) in [6, 6.07) is 20.7. The van der Waals surface area contributed by atoms with Gasteiger partial charge in [-0.1, -0.05) is 18.2 Å². The number of carbonyl (C=O) groups excluding carboxylic acids is 2. The van der Waals surface area contributed by atoms with E-state index in [9.17, 15) is 9.59 Å². The molecule has 8 nitrogen and oxygen atoms in total. The topological polar surface area (TPSA) is 117 Å². The molecule has 0 bridgehead atoms. The molecule has 158 valence electrons. The lowest BCUT2D eigenvalue weighted by atomic mass is 10.1. The van der Waals surface area contributed by atoms with Crippen LogP contribution < -0.4 is 15.6 Å². The van der Waals surface area contributed by atoms with E-state index in [0.717, 1.165) is 0 Å². The van der Waals surface area contributed by atoms with E-state index in [2.05, 4.69) is 15.8 Å². The molecule has 2 aromatic carbocycles. The van der Waals surface area contributed by atoms with Crippen LogP contribution in [-0.4, -0.2) is 22.9 Å². The van der Waals surface area contributed by atoms with Crippen LogP contribution in [0.15, 0.2) is 77.4 Å². The Morgan fingerprint density at radius 2 is 1.84 bits per heavy atom. The number of nitriles is 1. The van der Waals surface area contributed by atoms with E-state index >= 15 is 0 Å². The number of hydrogen-bond donors (Lipinski definition) is 2. The van der Waals surface area contributed by atoms with Crippen LogP contribution in [-0.2, 0) is 4.79 Å². The van der Waals surface area contributed by atoms with E-state index in [4.69, 9.17) is 14.4 Å². The van der Waals surface area contributed by atoms with E-state index in [0.29, 0.717) is 39.2 Å². The van der Waals surface area contributed by atoms with E-state index in [1.54, 1.807) is 67.6 Å². The molecule has 2 aromatic heterocycles. The molecule has 0 aliphatic carbocycles. The van der Waals surface area contributed by atoms with Crippen molar-refractivity contribution >= 4 is 22.7 Å². The zero-order valence-electron chi connectivity index (χ0n) is 17.0. The predicted molar refractivity (Wildman–Crippen MR) is 116 cm³/mol. The summed E-state index contributed by atoms with van der Waals surface area (Å²) in [5.41, 5.74) is 6.76. The molecule has 32 heavy (non-hydrogen) atoms. The molecule has 1 atom stereocenters. The van der Waals surface area contributed by atoms with Crippen molar-refractivity contribution in [2.75, 3.05) is 0 Å². The van der Waals surface area contributed by atoms with Crippen molar-refractivity contribution in [3.05, 3.63) is 84.1 Å². The summed E-state index contributed by atoms with van der Waals surface area (Å²) in [5, 5.41) is 9.48. The van der Waals surface area contributed by atoms with Crippen LogP contribution in [0.3, 0.4) is 0 Å². The Labute approximate surface area is 183 Å². The van der Waals surface area contributed by atoms with Crippen LogP contribution in [0.2, 0.25) is 0 Å². The van der Waals surface area contributed by atoms with Gasteiger partial charge in [0.1, 0.15) is 11.4 Å². The first-order chi connectivity index (χ1) is 15.5. The molecule has 0 saturated carbocycles. The molecule has 0 radical (unpaired) electrons. The lowest BCUT2D eigenvalue weighted by Crippen LogP contribution is -2.47. The van der Waals surface area contributed by atoms with E-state index in [-0.39, 0.29) is 0 Å². The number of hydrogen-bond acceptors (Lipinski definition) is 6. The minimum Gasteiger partial charge on any atom is -0.481 e. The van der Waals surface area contributed by atoms with E-state index in [1.165, 1.54) is 6.26 Å². The second-order valence-corrected chi connectivity index (χ2v) is 6.89. The predicted octanol–water partition coefficient (Wildman–Crippen LogP) is 3.59. The molecule has 1 unspecified atom stereocenters. The van der Waals surface area contributed by atoms with Gasteiger partial charge in [-0.25, -0.2) is 4.98 Å². The number of benzene rings is 2. The number of rotatable bonds is 5. The number of aromatic nitrogens is 1. The summed E-state index contributed by atoms with van der Waals surface area (Å²) in [6.45, 7) is 1.55. The van der Waals surface area contributed by atoms with Crippen molar-refractivity contribution in [1.82, 2.24) is 15.8 Å². The van der Waals surface area contributed by atoms with Crippen molar-refractivity contribution in [3.63, 3.8) is 0 Å². The van der Waals surface area contributed by atoms with Gasteiger partial charge in [-0.3, -0.25) is 20.4 Å². The third kappa shape index (κ3) is 4.42. The molecule has 2 amide bonds. The number of fused-ring (bicyclic) bond motifs is 1. The number of pyridine rings is 1. The fourth-order valence-corrected chi connectivity index (χ4v) is 3.07. The minimum absolute atomic E-state index is 0.336. The van der Waals surface area contributed by atoms with Crippen LogP contribution in [0.4, 0.5) is 0 Å². The molecular weight excluding hydrogens is 408 g/mol. The SMILES string of the molecule is CC(Oc1ccc(C#N)cc1)C(=O)NNC(=O)c1cc(-c2ccco2)nc2ccccc12. The van der Waals surface area contributed by atoms with Gasteiger partial charge >= 0.3 is 0 Å². The number of amides is 2. The fourth-order valence-electron chi connectivity index (χ4n) is 3.07. The maximum Gasteiger partial charge on any atom is 0.279 e. The highest BCUT2D eigenvalue weighted by atomic mass is 16.5. The summed E-state index contributed by atoms with van der Waals surface area (Å²) < 4.78 is 11.0. The summed E-state index contributed by atoms with van der Waals surface area (Å²) in [4.78, 5) is 29.8. The van der Waals surface area contributed by atoms with Crippen molar-refractivity contribution in [3.8, 4) is 23.3 Å². The van der Waals surface area contributed by atoms with Gasteiger partial charge in [0.05, 0.1) is 29.0 Å². The Kier molecular flexibility index (Phi) is 5.81. The molecule has 8 heteroatoms. The molecule has 4 aromatic rings. The van der Waals surface area contributed by atoms with Crippen molar-refractivity contribution in [2.45, 2.75) is 13.0 Å². The minimum atomic E-state index is -0.879. The smallest absolute Gasteiger partial charge is 0.279 e. The normalized spacial score (nSPS) is 11.4. The zero-order valence-corrected chi connectivity index (χ0v) is 17.0. The number of nitrogens with one attached hydrogen (secondary N) is 2. The monoisotopic (exact) mass is 426 g/mol. The quantitative estimate of drug-likeness (QED) is 0.471. The molecule has 0 spiro atoms. The Bertz CT molecular complexity index is 1310. The van der Waals surface area contributed by atoms with Crippen LogP contribution in [0.25, 0.3) is 22.4 Å². The highest BCUT2D eigenvalue weighted by molar-refractivity contribution is 6.07. The number of furan rings is 1. The highest BCUT2D eigenvalue weighted by Crippen LogP contribution is 2.25. The highest BCUT2D eigenvalue weighted by Gasteiger charge is 2.18. The summed E-state index contributed by atoms with van der Waals surface area (Å²) in [5.74, 6) is -0.0814. The third-order valence-corrected chi connectivity index (χ3v) is 4.70. The van der Waals surface area contributed by atoms with Crippen LogP contribution in [0.1, 0.15) is 22.8 Å². The Hall–Kier alpha value is -4.64. The maximum absolute atomic E-state index is 12.9. The lowest BCUT2D eigenvalue weighted by molar-refractivity contribution is -0.128. The van der Waals surface area contributed by atoms with E-state index < -0.39 is 17.9 Å². The summed E-state index contributed by atoms with van der Waals surface area (Å²) in [7, 11) is 0. The van der Waals surface area contributed by atoms with Gasteiger partial charge in [-0.15, -0.1) is 0 Å². The number of para-hydroxylation sites is 1. The van der Waals surface area contributed by atoms with Gasteiger partial charge in [0.15, 0.2) is 11.9 Å². The first-order valence-corrected chi connectivity index (χ1v) is 9.76. The second kappa shape index (κ2) is 9.02. The van der Waals surface area contributed by atoms with Gasteiger partial charge in [0.2, 0.25) is 0 Å². The lowest BCUT2D eigenvalue weighted by Gasteiger charge is -2.15. The van der Waals surface area contributed by atoms with Gasteiger partial charge in [-0.2, -0.15) is 5.26 Å². The standard InChI is InChI=1S/C24H18N4O4/c1-15(32-17-10-8-16(14-25)9-11-17)23(29)27-28-24(30)19-13-21(22-7-4-12-31-22)26-20-6-3-2-5-18(19)20/h2-13,15H,1H3,(H,27,29)(H,28,30). The number of hydrazine groups is 1. The molecular formula is C24H18N4O4. The molecule has 0 aliphatic heterocycles. The number of ether oxygens (including phenoxy) is 1. The van der Waals surface area contributed by atoms with Gasteiger partial charge in [-0.05, 0) is 55.5 Å². The van der Waals surface area contributed by atoms with Crippen molar-refractivity contribution in [2.24, 2.45) is 0 Å². The zero-order chi connectivity index (χ0) is 22.5. The van der Waals surface area contributed by atoms with Crippen molar-refractivity contribution < 1.29 is 18.7 Å². The number of carbonyl (C=O) groups is 2. The molecule has 0 saturated heterocycles. The number of nitrogens with zero attached hydrogens (tertiary/aromatic N) is 2.